The maximum absolute atomic E-state index is 11.3. The molecule has 1 saturated heterocycles. The lowest BCUT2D eigenvalue weighted by Crippen LogP contribution is -2.36. The normalized spacial score (nSPS) is 22.1. The molecular formula is C10H19NO3. The van der Waals surface area contributed by atoms with Gasteiger partial charge in [-0.05, 0) is 19.3 Å². The van der Waals surface area contributed by atoms with Crippen LogP contribution in [0.4, 0.5) is 0 Å². The lowest BCUT2D eigenvalue weighted by Gasteiger charge is -2.21. The van der Waals surface area contributed by atoms with E-state index in [0.29, 0.717) is 19.8 Å². The molecule has 0 saturated carbocycles. The van der Waals surface area contributed by atoms with Crippen molar-refractivity contribution >= 4 is 5.91 Å². The number of rotatable bonds is 6. The zero-order chi connectivity index (χ0) is 10.2. The molecular weight excluding hydrogens is 182 g/mol. The van der Waals surface area contributed by atoms with Gasteiger partial charge in [-0.3, -0.25) is 4.79 Å². The summed E-state index contributed by atoms with van der Waals surface area (Å²) in [4.78, 5) is 11.3. The lowest BCUT2D eigenvalue weighted by molar-refractivity contribution is -0.127. The summed E-state index contributed by atoms with van der Waals surface area (Å²) in [6, 6.07) is 0. The van der Waals surface area contributed by atoms with Gasteiger partial charge in [-0.1, -0.05) is 0 Å². The van der Waals surface area contributed by atoms with Crippen LogP contribution >= 0.6 is 0 Å². The highest BCUT2D eigenvalue weighted by atomic mass is 16.5. The van der Waals surface area contributed by atoms with Gasteiger partial charge in [0.05, 0.1) is 13.2 Å². The van der Waals surface area contributed by atoms with Crippen molar-refractivity contribution in [3.05, 3.63) is 0 Å². The van der Waals surface area contributed by atoms with E-state index in [2.05, 4.69) is 5.32 Å². The van der Waals surface area contributed by atoms with Gasteiger partial charge < -0.3 is 14.8 Å². The minimum atomic E-state index is 0.159. The molecule has 1 rings (SSSR count). The second kappa shape index (κ2) is 6.79. The van der Waals surface area contributed by atoms with Gasteiger partial charge in [-0.2, -0.15) is 0 Å². The molecule has 0 bridgehead atoms. The summed E-state index contributed by atoms with van der Waals surface area (Å²) in [6.07, 6.45) is 2.92. The van der Waals surface area contributed by atoms with Gasteiger partial charge >= 0.3 is 0 Å². The Hall–Kier alpha value is -0.610. The topological polar surface area (TPSA) is 47.6 Å². The van der Waals surface area contributed by atoms with Crippen LogP contribution in [0.5, 0.6) is 0 Å². The van der Waals surface area contributed by atoms with Gasteiger partial charge in [-0.15, -0.1) is 0 Å². The number of nitrogens with one attached hydrogen (secondary N) is 1. The smallest absolute Gasteiger partial charge is 0.223 e. The average molecular weight is 201 g/mol. The fourth-order valence-corrected chi connectivity index (χ4v) is 1.58. The summed E-state index contributed by atoms with van der Waals surface area (Å²) in [5, 5.41) is 2.86. The van der Waals surface area contributed by atoms with Gasteiger partial charge in [-0.25, -0.2) is 0 Å². The molecule has 82 valence electrons. The molecule has 0 radical (unpaired) electrons. The Balaban J connectivity index is 2.02. The summed E-state index contributed by atoms with van der Waals surface area (Å²) in [7, 11) is 1.65. The predicted octanol–water partition coefficient (Wildman–Crippen LogP) is 0.566. The van der Waals surface area contributed by atoms with E-state index >= 15 is 0 Å². The predicted molar refractivity (Wildman–Crippen MR) is 53.0 cm³/mol. The zero-order valence-corrected chi connectivity index (χ0v) is 8.75. The van der Waals surface area contributed by atoms with E-state index in [9.17, 15) is 4.79 Å². The SMILES string of the molecule is COCCOCCC1CCCNC1=O. The molecule has 14 heavy (non-hydrogen) atoms. The minimum Gasteiger partial charge on any atom is -0.382 e. The number of carbonyl (C=O) groups is 1. The molecule has 4 heteroatoms. The molecule has 4 nitrogen and oxygen atoms in total. The van der Waals surface area contributed by atoms with E-state index < -0.39 is 0 Å². The third-order valence-electron chi connectivity index (χ3n) is 2.44. The van der Waals surface area contributed by atoms with E-state index in [-0.39, 0.29) is 11.8 Å². The molecule has 1 aliphatic heterocycles. The van der Waals surface area contributed by atoms with Crippen LogP contribution in [0.2, 0.25) is 0 Å². The van der Waals surface area contributed by atoms with Crippen LogP contribution in [0.25, 0.3) is 0 Å². The molecule has 0 aromatic heterocycles. The number of hydrogen-bond acceptors (Lipinski definition) is 3. The van der Waals surface area contributed by atoms with Gasteiger partial charge in [0.25, 0.3) is 0 Å². The third kappa shape index (κ3) is 4.07. The van der Waals surface area contributed by atoms with Gasteiger partial charge in [0.1, 0.15) is 0 Å². The minimum absolute atomic E-state index is 0.159. The second-order valence-electron chi connectivity index (χ2n) is 3.52. The highest BCUT2D eigenvalue weighted by molar-refractivity contribution is 5.79. The highest BCUT2D eigenvalue weighted by Gasteiger charge is 2.20. The fraction of sp³-hybridized carbons (Fsp3) is 0.900. The second-order valence-corrected chi connectivity index (χ2v) is 3.52. The number of methoxy groups -OCH3 is 1. The van der Waals surface area contributed by atoms with Crippen molar-refractivity contribution < 1.29 is 14.3 Å². The van der Waals surface area contributed by atoms with Crippen molar-refractivity contribution in [2.24, 2.45) is 5.92 Å². The Labute approximate surface area is 85.0 Å². The Morgan fingerprint density at radius 2 is 2.29 bits per heavy atom. The molecule has 1 unspecified atom stereocenters. The van der Waals surface area contributed by atoms with Crippen LogP contribution < -0.4 is 5.32 Å². The van der Waals surface area contributed by atoms with Crippen molar-refractivity contribution in [3.63, 3.8) is 0 Å². The van der Waals surface area contributed by atoms with Crippen LogP contribution in [0.15, 0.2) is 0 Å². The summed E-state index contributed by atoms with van der Waals surface area (Å²) in [6.45, 7) is 2.73. The summed E-state index contributed by atoms with van der Waals surface area (Å²) >= 11 is 0. The lowest BCUT2D eigenvalue weighted by atomic mass is 9.96. The van der Waals surface area contributed by atoms with Crippen molar-refractivity contribution in [1.29, 1.82) is 0 Å². The Morgan fingerprint density at radius 1 is 1.43 bits per heavy atom. The molecule has 1 fully saturated rings. The molecule has 1 aliphatic rings. The monoisotopic (exact) mass is 201 g/mol. The molecule has 1 amide bonds. The van der Waals surface area contributed by atoms with E-state index in [1.165, 1.54) is 0 Å². The van der Waals surface area contributed by atoms with E-state index in [1.807, 2.05) is 0 Å². The molecule has 0 aliphatic carbocycles. The molecule has 1 atom stereocenters. The number of hydrogen-bond donors (Lipinski definition) is 1. The maximum Gasteiger partial charge on any atom is 0.223 e. The van der Waals surface area contributed by atoms with E-state index in [4.69, 9.17) is 9.47 Å². The summed E-state index contributed by atoms with van der Waals surface area (Å²) in [5.74, 6) is 0.345. The van der Waals surface area contributed by atoms with Crippen LogP contribution in [0.1, 0.15) is 19.3 Å². The van der Waals surface area contributed by atoms with E-state index in [1.54, 1.807) is 7.11 Å². The van der Waals surface area contributed by atoms with Gasteiger partial charge in [0, 0.05) is 26.2 Å². The number of carbonyl (C=O) groups excluding carboxylic acids is 1. The van der Waals surface area contributed by atoms with E-state index in [0.717, 1.165) is 25.8 Å². The first-order valence-corrected chi connectivity index (χ1v) is 5.19. The molecule has 1 N–H and O–H groups in total. The van der Waals surface area contributed by atoms with Gasteiger partial charge in [0.15, 0.2) is 0 Å². The number of piperidine rings is 1. The largest absolute Gasteiger partial charge is 0.382 e. The molecule has 0 aromatic rings. The van der Waals surface area contributed by atoms with Crippen molar-refractivity contribution in [2.45, 2.75) is 19.3 Å². The number of ether oxygens (including phenoxy) is 2. The Kier molecular flexibility index (Phi) is 5.56. The molecule has 0 aromatic carbocycles. The quantitative estimate of drug-likeness (QED) is 0.639. The summed E-state index contributed by atoms with van der Waals surface area (Å²) < 4.78 is 10.2. The summed E-state index contributed by atoms with van der Waals surface area (Å²) in [5.41, 5.74) is 0. The van der Waals surface area contributed by atoms with Crippen LogP contribution in [-0.4, -0.2) is 39.4 Å². The first kappa shape index (κ1) is 11.5. The average Bonchev–Trinajstić information content (AvgIpc) is 2.20. The zero-order valence-electron chi connectivity index (χ0n) is 8.75. The van der Waals surface area contributed by atoms with Crippen molar-refractivity contribution in [3.8, 4) is 0 Å². The van der Waals surface area contributed by atoms with Crippen LogP contribution in [0.3, 0.4) is 0 Å². The first-order chi connectivity index (χ1) is 6.84. The first-order valence-electron chi connectivity index (χ1n) is 5.19. The van der Waals surface area contributed by atoms with Gasteiger partial charge in [0.2, 0.25) is 5.91 Å². The standard InChI is InChI=1S/C10H19NO3/c1-13-7-8-14-6-4-9-3-2-5-11-10(9)12/h9H,2-8H2,1H3,(H,11,12). The van der Waals surface area contributed by atoms with Crippen molar-refractivity contribution in [1.82, 2.24) is 5.32 Å². The Bertz CT molecular complexity index is 173. The fourth-order valence-electron chi connectivity index (χ4n) is 1.58. The van der Waals surface area contributed by atoms with Crippen LogP contribution in [-0.2, 0) is 14.3 Å². The number of amides is 1. The van der Waals surface area contributed by atoms with Crippen molar-refractivity contribution in [2.75, 3.05) is 33.5 Å². The molecule has 0 spiro atoms. The highest BCUT2D eigenvalue weighted by Crippen LogP contribution is 2.14. The molecule has 1 heterocycles. The van der Waals surface area contributed by atoms with Crippen LogP contribution in [0, 0.1) is 5.92 Å². The third-order valence-corrected chi connectivity index (χ3v) is 2.44. The Morgan fingerprint density at radius 3 is 3.00 bits per heavy atom. The maximum atomic E-state index is 11.3.